The minimum atomic E-state index is -3.64. The summed E-state index contributed by atoms with van der Waals surface area (Å²) >= 11 is 0. The number of hydrogen-bond acceptors (Lipinski definition) is 4. The molecule has 1 fully saturated rings. The number of rotatable bonds is 6. The third-order valence-corrected chi connectivity index (χ3v) is 7.89. The predicted molar refractivity (Wildman–Crippen MR) is 127 cm³/mol. The fraction of sp³-hybridized carbons (Fsp3) is 0.480. The molecule has 0 radical (unpaired) electrons. The number of nitrogens with zero attached hydrogens (tertiary/aromatic N) is 1. The van der Waals surface area contributed by atoms with E-state index in [4.69, 9.17) is 4.74 Å². The normalized spacial score (nSPS) is 16.4. The monoisotopic (exact) mass is 458 g/mol. The summed E-state index contributed by atoms with van der Waals surface area (Å²) in [5.41, 5.74) is 2.46. The molecule has 1 amide bonds. The van der Waals surface area contributed by atoms with E-state index >= 15 is 0 Å². The van der Waals surface area contributed by atoms with Gasteiger partial charge in [-0.15, -0.1) is 0 Å². The first-order valence-corrected chi connectivity index (χ1v) is 12.6. The minimum Gasteiger partial charge on any atom is -0.496 e. The highest BCUT2D eigenvalue weighted by Gasteiger charge is 2.28. The zero-order chi connectivity index (χ0) is 23.5. The molecular formula is C25H34N2O4S. The van der Waals surface area contributed by atoms with Gasteiger partial charge < -0.3 is 10.1 Å². The Labute approximate surface area is 192 Å². The quantitative estimate of drug-likeness (QED) is 0.683. The van der Waals surface area contributed by atoms with E-state index in [0.29, 0.717) is 18.8 Å². The predicted octanol–water partition coefficient (Wildman–Crippen LogP) is 4.66. The van der Waals surface area contributed by atoms with Crippen LogP contribution in [-0.4, -0.2) is 38.8 Å². The van der Waals surface area contributed by atoms with E-state index in [9.17, 15) is 13.2 Å². The van der Waals surface area contributed by atoms with E-state index in [-0.39, 0.29) is 27.8 Å². The number of methoxy groups -OCH3 is 1. The van der Waals surface area contributed by atoms with Crippen molar-refractivity contribution in [3.05, 3.63) is 59.2 Å². The number of carbonyl (C=O) groups is 1. The van der Waals surface area contributed by atoms with Gasteiger partial charge in [0.2, 0.25) is 10.0 Å². The van der Waals surface area contributed by atoms with Crippen LogP contribution in [0.1, 0.15) is 74.5 Å². The van der Waals surface area contributed by atoms with Crippen molar-refractivity contribution < 1.29 is 17.9 Å². The Morgan fingerprint density at radius 2 is 1.66 bits per heavy atom. The fourth-order valence-electron chi connectivity index (χ4n) is 3.91. The first-order valence-electron chi connectivity index (χ1n) is 11.1. The topological polar surface area (TPSA) is 75.7 Å². The SMILES string of the molecule is COc1ccc(S(=O)(=O)N2CCCCC2)cc1C(=O)N[C@@H](C)c1ccc(C(C)(C)C)cc1. The van der Waals surface area contributed by atoms with Crippen LogP contribution in [0.3, 0.4) is 0 Å². The average molecular weight is 459 g/mol. The summed E-state index contributed by atoms with van der Waals surface area (Å²) < 4.78 is 33.0. The molecule has 3 rings (SSSR count). The lowest BCUT2D eigenvalue weighted by atomic mass is 9.86. The second-order valence-electron chi connectivity index (χ2n) is 9.39. The van der Waals surface area contributed by atoms with Crippen molar-refractivity contribution in [1.29, 1.82) is 0 Å². The van der Waals surface area contributed by atoms with Crippen molar-refractivity contribution in [1.82, 2.24) is 9.62 Å². The van der Waals surface area contributed by atoms with Gasteiger partial charge in [-0.25, -0.2) is 8.42 Å². The van der Waals surface area contributed by atoms with Crippen LogP contribution in [0.2, 0.25) is 0 Å². The lowest BCUT2D eigenvalue weighted by Gasteiger charge is -2.26. The van der Waals surface area contributed by atoms with Gasteiger partial charge in [-0.1, -0.05) is 51.5 Å². The zero-order valence-corrected chi connectivity index (χ0v) is 20.5. The molecule has 1 atom stereocenters. The Balaban J connectivity index is 1.83. The summed E-state index contributed by atoms with van der Waals surface area (Å²) in [5.74, 6) is -0.0275. The van der Waals surface area contributed by atoms with Crippen LogP contribution >= 0.6 is 0 Å². The van der Waals surface area contributed by atoms with Crippen molar-refractivity contribution in [2.45, 2.75) is 63.3 Å². The van der Waals surface area contributed by atoms with E-state index < -0.39 is 10.0 Å². The molecule has 0 unspecified atom stereocenters. The van der Waals surface area contributed by atoms with E-state index in [1.165, 1.54) is 29.1 Å². The maximum absolute atomic E-state index is 13.1. The molecule has 32 heavy (non-hydrogen) atoms. The Kier molecular flexibility index (Phi) is 7.30. The molecule has 0 aromatic heterocycles. The molecule has 2 aromatic carbocycles. The van der Waals surface area contributed by atoms with Crippen molar-refractivity contribution in [2.24, 2.45) is 0 Å². The third kappa shape index (κ3) is 5.33. The summed E-state index contributed by atoms with van der Waals surface area (Å²) in [4.78, 5) is 13.2. The number of nitrogens with one attached hydrogen (secondary N) is 1. The third-order valence-electron chi connectivity index (χ3n) is 5.99. The largest absolute Gasteiger partial charge is 0.496 e. The highest BCUT2D eigenvalue weighted by Crippen LogP contribution is 2.28. The first kappa shape index (κ1) is 24.3. The highest BCUT2D eigenvalue weighted by atomic mass is 32.2. The average Bonchev–Trinajstić information content (AvgIpc) is 2.78. The van der Waals surface area contributed by atoms with Crippen LogP contribution < -0.4 is 10.1 Å². The summed E-state index contributed by atoms with van der Waals surface area (Å²) in [5, 5.41) is 2.98. The van der Waals surface area contributed by atoms with Gasteiger partial charge in [0, 0.05) is 13.1 Å². The van der Waals surface area contributed by atoms with Crippen molar-refractivity contribution in [2.75, 3.05) is 20.2 Å². The number of piperidine rings is 1. The molecule has 2 aromatic rings. The van der Waals surface area contributed by atoms with Crippen LogP contribution in [-0.2, 0) is 15.4 Å². The van der Waals surface area contributed by atoms with Crippen LogP contribution in [0.4, 0.5) is 0 Å². The molecule has 0 spiro atoms. The van der Waals surface area contributed by atoms with Gasteiger partial charge in [-0.05, 0) is 54.5 Å². The van der Waals surface area contributed by atoms with Gasteiger partial charge in [-0.2, -0.15) is 4.31 Å². The number of amides is 1. The van der Waals surface area contributed by atoms with Crippen molar-refractivity contribution >= 4 is 15.9 Å². The van der Waals surface area contributed by atoms with Crippen LogP contribution in [0.15, 0.2) is 47.4 Å². The van der Waals surface area contributed by atoms with Gasteiger partial charge in [0.1, 0.15) is 5.75 Å². The number of carbonyl (C=O) groups excluding carboxylic acids is 1. The molecule has 1 aliphatic heterocycles. The first-order chi connectivity index (χ1) is 15.0. The number of hydrogen-bond donors (Lipinski definition) is 1. The molecule has 7 heteroatoms. The summed E-state index contributed by atoms with van der Waals surface area (Å²) in [6.45, 7) is 9.40. The summed E-state index contributed by atoms with van der Waals surface area (Å²) in [6.07, 6.45) is 2.75. The Hall–Kier alpha value is -2.38. The molecular weight excluding hydrogens is 424 g/mol. The molecule has 1 N–H and O–H groups in total. The van der Waals surface area contributed by atoms with Crippen LogP contribution in [0.25, 0.3) is 0 Å². The van der Waals surface area contributed by atoms with Crippen LogP contribution in [0, 0.1) is 0 Å². The molecule has 6 nitrogen and oxygen atoms in total. The van der Waals surface area contributed by atoms with E-state index in [1.54, 1.807) is 6.07 Å². The number of benzene rings is 2. The summed E-state index contributed by atoms with van der Waals surface area (Å²) in [7, 11) is -2.17. The lowest BCUT2D eigenvalue weighted by molar-refractivity contribution is 0.0936. The number of sulfonamides is 1. The fourth-order valence-corrected chi connectivity index (χ4v) is 5.45. The van der Waals surface area contributed by atoms with E-state index in [2.05, 4.69) is 38.2 Å². The maximum atomic E-state index is 13.1. The van der Waals surface area contributed by atoms with Gasteiger partial charge in [-0.3, -0.25) is 4.79 Å². The molecule has 0 aliphatic carbocycles. The molecule has 0 bridgehead atoms. The van der Waals surface area contributed by atoms with Gasteiger partial charge in [0.15, 0.2) is 0 Å². The van der Waals surface area contributed by atoms with Crippen molar-refractivity contribution in [3.8, 4) is 5.75 Å². The molecule has 174 valence electrons. The molecule has 1 aliphatic rings. The highest BCUT2D eigenvalue weighted by molar-refractivity contribution is 7.89. The Morgan fingerprint density at radius 3 is 2.22 bits per heavy atom. The second kappa shape index (κ2) is 9.63. The number of ether oxygens (including phenoxy) is 1. The van der Waals surface area contributed by atoms with Crippen molar-refractivity contribution in [3.63, 3.8) is 0 Å². The standard InChI is InChI=1S/C25H34N2O4S/c1-18(19-9-11-20(12-10-19)25(2,3)4)26-24(28)22-17-21(13-14-23(22)31-5)32(29,30)27-15-7-6-8-16-27/h9-14,17-18H,6-8,15-16H2,1-5H3,(H,26,28)/t18-/m0/s1. The van der Waals surface area contributed by atoms with Gasteiger partial charge >= 0.3 is 0 Å². The minimum absolute atomic E-state index is 0.0542. The maximum Gasteiger partial charge on any atom is 0.255 e. The van der Waals surface area contributed by atoms with Gasteiger partial charge in [0.05, 0.1) is 23.6 Å². The van der Waals surface area contributed by atoms with E-state index in [0.717, 1.165) is 24.8 Å². The molecule has 1 saturated heterocycles. The molecule has 0 saturated carbocycles. The van der Waals surface area contributed by atoms with Gasteiger partial charge in [0.25, 0.3) is 5.91 Å². The van der Waals surface area contributed by atoms with E-state index in [1.807, 2.05) is 19.1 Å². The lowest BCUT2D eigenvalue weighted by Crippen LogP contribution is -2.35. The zero-order valence-electron chi connectivity index (χ0n) is 19.6. The smallest absolute Gasteiger partial charge is 0.255 e. The Bertz CT molecular complexity index is 1050. The second-order valence-corrected chi connectivity index (χ2v) is 11.3. The van der Waals surface area contributed by atoms with Crippen LogP contribution in [0.5, 0.6) is 5.75 Å². The Morgan fingerprint density at radius 1 is 1.03 bits per heavy atom. The summed E-state index contributed by atoms with van der Waals surface area (Å²) in [6, 6.07) is 12.4. The molecule has 1 heterocycles.